The van der Waals surface area contributed by atoms with Crippen molar-refractivity contribution in [3.63, 3.8) is 0 Å². The van der Waals surface area contributed by atoms with Gasteiger partial charge >= 0.3 is 0 Å². The highest BCUT2D eigenvalue weighted by Crippen LogP contribution is 2.51. The molecule has 218 valence electrons. The number of thiophene rings is 3. The van der Waals surface area contributed by atoms with E-state index in [-0.39, 0.29) is 5.41 Å². The molecule has 1 atom stereocenters. The third kappa shape index (κ3) is 3.89. The molecule has 9 aromatic rings. The van der Waals surface area contributed by atoms with E-state index in [1.165, 1.54) is 88.4 Å². The van der Waals surface area contributed by atoms with Crippen LogP contribution in [-0.4, -0.2) is 0 Å². The summed E-state index contributed by atoms with van der Waals surface area (Å²) in [6.45, 7) is 2.47. The molecule has 1 aliphatic rings. The van der Waals surface area contributed by atoms with Crippen molar-refractivity contribution in [2.24, 2.45) is 0 Å². The average Bonchev–Trinajstić information content (AvgIpc) is 3.79. The maximum atomic E-state index is 2.58. The van der Waals surface area contributed by atoms with Crippen molar-refractivity contribution in [2.75, 3.05) is 0 Å². The summed E-state index contributed by atoms with van der Waals surface area (Å²) in [5.74, 6) is 0. The summed E-state index contributed by atoms with van der Waals surface area (Å²) < 4.78 is 8.22. The number of benzene rings is 6. The zero-order valence-electron chi connectivity index (χ0n) is 25.2. The van der Waals surface area contributed by atoms with Crippen molar-refractivity contribution in [1.82, 2.24) is 0 Å². The summed E-state index contributed by atoms with van der Waals surface area (Å²) >= 11 is 5.79. The molecule has 46 heavy (non-hydrogen) atoms. The van der Waals surface area contributed by atoms with E-state index in [1.807, 2.05) is 34.0 Å². The van der Waals surface area contributed by atoms with Crippen LogP contribution < -0.4 is 0 Å². The average molecular weight is 641 g/mol. The minimum Gasteiger partial charge on any atom is -0.135 e. The lowest BCUT2D eigenvalue weighted by Gasteiger charge is -2.33. The number of hydrogen-bond acceptors (Lipinski definition) is 3. The van der Waals surface area contributed by atoms with Gasteiger partial charge in [0.1, 0.15) is 0 Å². The zero-order chi connectivity index (χ0) is 30.4. The van der Waals surface area contributed by atoms with Gasteiger partial charge in [0.15, 0.2) is 0 Å². The molecule has 0 nitrogen and oxygen atoms in total. The van der Waals surface area contributed by atoms with E-state index < -0.39 is 0 Å². The lowest BCUT2D eigenvalue weighted by atomic mass is 9.70. The molecule has 3 aromatic heterocycles. The Hall–Kier alpha value is -4.54. The van der Waals surface area contributed by atoms with Gasteiger partial charge in [-0.1, -0.05) is 128 Å². The van der Waals surface area contributed by atoms with Gasteiger partial charge in [0.2, 0.25) is 0 Å². The molecule has 0 aliphatic heterocycles. The molecule has 1 unspecified atom stereocenters. The highest BCUT2D eigenvalue weighted by Gasteiger charge is 2.33. The Labute approximate surface area is 279 Å². The van der Waals surface area contributed by atoms with Crippen LogP contribution in [0.5, 0.6) is 0 Å². The molecule has 3 heterocycles. The summed E-state index contributed by atoms with van der Waals surface area (Å²) in [7, 11) is 0. The number of rotatable bonds is 3. The molecule has 0 spiro atoms. The van der Waals surface area contributed by atoms with E-state index in [0.717, 1.165) is 6.42 Å². The molecule has 0 bridgehead atoms. The van der Waals surface area contributed by atoms with Crippen LogP contribution in [0.4, 0.5) is 0 Å². The third-order valence-corrected chi connectivity index (χ3v) is 13.5. The molecule has 1 aliphatic carbocycles. The lowest BCUT2D eigenvalue weighted by Crippen LogP contribution is -2.23. The standard InChI is InChI=1S/C43H28S3/c1-43(36-19-10-18-35-32-13-4-7-22-39(32)46-42(35)36)24-26(28-14-8-16-33-30-11-2-5-20-37(30)44-40(28)33)23-27(25-43)29-15-9-17-34-31-12-3-6-21-38(31)45-41(29)34/h2-24H,25H2,1H3. The van der Waals surface area contributed by atoms with Crippen LogP contribution in [0.15, 0.2) is 140 Å². The lowest BCUT2D eigenvalue weighted by molar-refractivity contribution is 0.618. The maximum Gasteiger partial charge on any atom is 0.0433 e. The van der Waals surface area contributed by atoms with Crippen molar-refractivity contribution in [2.45, 2.75) is 18.8 Å². The van der Waals surface area contributed by atoms with Crippen LogP contribution >= 0.6 is 34.0 Å². The smallest absolute Gasteiger partial charge is 0.0433 e. The van der Waals surface area contributed by atoms with E-state index in [9.17, 15) is 0 Å². The van der Waals surface area contributed by atoms with Crippen molar-refractivity contribution < 1.29 is 0 Å². The number of fused-ring (bicyclic) bond motifs is 9. The monoisotopic (exact) mass is 640 g/mol. The molecule has 6 aromatic carbocycles. The van der Waals surface area contributed by atoms with Gasteiger partial charge in [-0.15, -0.1) is 34.0 Å². The van der Waals surface area contributed by atoms with E-state index >= 15 is 0 Å². The predicted octanol–water partition coefficient (Wildman–Crippen LogP) is 13.6. The van der Waals surface area contributed by atoms with Gasteiger partial charge in [-0.05, 0) is 52.5 Å². The van der Waals surface area contributed by atoms with Gasteiger partial charge in [0, 0.05) is 65.9 Å². The first-order valence-electron chi connectivity index (χ1n) is 15.8. The molecule has 3 heteroatoms. The van der Waals surface area contributed by atoms with Crippen LogP contribution in [0.3, 0.4) is 0 Å². The summed E-state index contributed by atoms with van der Waals surface area (Å²) in [5.41, 5.74) is 6.64. The molecule has 10 rings (SSSR count). The van der Waals surface area contributed by atoms with Crippen molar-refractivity contribution in [1.29, 1.82) is 0 Å². The number of hydrogen-bond donors (Lipinski definition) is 0. The first-order chi connectivity index (χ1) is 22.6. The Kier molecular flexibility index (Phi) is 5.78. The normalized spacial score (nSPS) is 17.1. The Bertz CT molecular complexity index is 2740. The van der Waals surface area contributed by atoms with Crippen LogP contribution in [0.25, 0.3) is 71.7 Å². The van der Waals surface area contributed by atoms with Gasteiger partial charge in [-0.2, -0.15) is 0 Å². The summed E-state index contributed by atoms with van der Waals surface area (Å²) in [5, 5.41) is 8.12. The fraction of sp³-hybridized carbons (Fsp3) is 0.0698. The van der Waals surface area contributed by atoms with Crippen LogP contribution in [0.1, 0.15) is 30.0 Å². The van der Waals surface area contributed by atoms with E-state index in [2.05, 4.69) is 146 Å². The molecular weight excluding hydrogens is 613 g/mol. The third-order valence-electron chi connectivity index (χ3n) is 9.85. The largest absolute Gasteiger partial charge is 0.135 e. The van der Waals surface area contributed by atoms with Crippen molar-refractivity contribution in [3.8, 4) is 0 Å². The molecular formula is C43H28S3. The first kappa shape index (κ1) is 26.7. The van der Waals surface area contributed by atoms with Gasteiger partial charge in [-0.25, -0.2) is 0 Å². The van der Waals surface area contributed by atoms with E-state index in [1.54, 1.807) is 0 Å². The first-order valence-corrected chi connectivity index (χ1v) is 18.3. The summed E-state index contributed by atoms with van der Waals surface area (Å²) in [4.78, 5) is 0. The SMILES string of the molecule is CC1(c2cccc3c2sc2ccccc23)C=C(c2cccc3c2sc2ccccc23)C=C(c2cccc3c2sc2ccccc23)C1. The summed E-state index contributed by atoms with van der Waals surface area (Å²) in [6, 6.07) is 47.3. The second-order valence-electron chi connectivity index (χ2n) is 12.7. The quantitative estimate of drug-likeness (QED) is 0.180. The van der Waals surface area contributed by atoms with Crippen LogP contribution in [-0.2, 0) is 5.41 Å². The Morgan fingerprint density at radius 2 is 0.913 bits per heavy atom. The molecule has 0 saturated carbocycles. The van der Waals surface area contributed by atoms with E-state index in [0.29, 0.717) is 0 Å². The van der Waals surface area contributed by atoms with Gasteiger partial charge < -0.3 is 0 Å². The second kappa shape index (κ2) is 9.98. The molecule has 0 fully saturated rings. The topological polar surface area (TPSA) is 0 Å². The zero-order valence-corrected chi connectivity index (χ0v) is 27.7. The molecule has 0 radical (unpaired) electrons. The highest BCUT2D eigenvalue weighted by atomic mass is 32.1. The molecule has 0 amide bonds. The minimum absolute atomic E-state index is 0.197. The molecule has 0 saturated heterocycles. The van der Waals surface area contributed by atoms with Crippen molar-refractivity contribution in [3.05, 3.63) is 156 Å². The molecule has 0 N–H and O–H groups in total. The van der Waals surface area contributed by atoms with Gasteiger partial charge in [-0.3, -0.25) is 0 Å². The highest BCUT2D eigenvalue weighted by molar-refractivity contribution is 7.27. The predicted molar refractivity (Wildman–Crippen MR) is 206 cm³/mol. The van der Waals surface area contributed by atoms with Crippen LogP contribution in [0.2, 0.25) is 0 Å². The maximum absolute atomic E-state index is 2.58. The fourth-order valence-electron chi connectivity index (χ4n) is 7.74. The summed E-state index contributed by atoms with van der Waals surface area (Å²) in [6.07, 6.45) is 6.03. The van der Waals surface area contributed by atoms with E-state index in [4.69, 9.17) is 0 Å². The minimum atomic E-state index is -0.197. The van der Waals surface area contributed by atoms with Crippen LogP contribution in [0, 0.1) is 0 Å². The Balaban J connectivity index is 1.26. The fourth-order valence-corrected chi connectivity index (χ4v) is 11.6. The Morgan fingerprint density at radius 3 is 1.52 bits per heavy atom. The second-order valence-corrected chi connectivity index (χ2v) is 15.9. The van der Waals surface area contributed by atoms with Crippen molar-refractivity contribution >= 4 is 106 Å². The van der Waals surface area contributed by atoms with Gasteiger partial charge in [0.25, 0.3) is 0 Å². The number of allylic oxidation sites excluding steroid dienone is 4. The Morgan fingerprint density at radius 1 is 0.457 bits per heavy atom. The van der Waals surface area contributed by atoms with Gasteiger partial charge in [0.05, 0.1) is 0 Å².